The SMILES string of the molecule is CCC(Oc1cc(C)ccc1C)C(=O)Nc1ccc(S(=O)(=O)Nc2cc(Cl)cc(Cl)c2)cc1. The van der Waals surface area contributed by atoms with E-state index in [1.165, 1.54) is 42.5 Å². The Hall–Kier alpha value is -2.74. The Bertz CT molecular complexity index is 1240. The number of amides is 1. The average Bonchev–Trinajstić information content (AvgIpc) is 2.73. The molecule has 3 rings (SSSR count). The molecule has 9 heteroatoms. The molecular weight excluding hydrogens is 483 g/mol. The van der Waals surface area contributed by atoms with E-state index in [0.29, 0.717) is 27.9 Å². The highest BCUT2D eigenvalue weighted by atomic mass is 35.5. The van der Waals surface area contributed by atoms with Crippen molar-refractivity contribution in [3.63, 3.8) is 0 Å². The topological polar surface area (TPSA) is 84.5 Å². The van der Waals surface area contributed by atoms with Crippen LogP contribution < -0.4 is 14.8 Å². The lowest BCUT2D eigenvalue weighted by molar-refractivity contribution is -0.122. The zero-order valence-corrected chi connectivity index (χ0v) is 20.7. The molecule has 3 aromatic rings. The van der Waals surface area contributed by atoms with Crippen LogP contribution >= 0.6 is 23.2 Å². The van der Waals surface area contributed by atoms with Gasteiger partial charge in [0.2, 0.25) is 0 Å². The van der Waals surface area contributed by atoms with Gasteiger partial charge in [0.25, 0.3) is 15.9 Å². The Balaban J connectivity index is 1.69. The van der Waals surface area contributed by atoms with Crippen molar-refractivity contribution in [1.29, 1.82) is 0 Å². The quantitative estimate of drug-likeness (QED) is 0.380. The summed E-state index contributed by atoms with van der Waals surface area (Å²) < 4.78 is 33.7. The van der Waals surface area contributed by atoms with Gasteiger partial charge in [-0.2, -0.15) is 0 Å². The number of halogens is 2. The Morgan fingerprint density at radius 1 is 0.939 bits per heavy atom. The van der Waals surface area contributed by atoms with Crippen molar-refractivity contribution in [1.82, 2.24) is 0 Å². The van der Waals surface area contributed by atoms with Gasteiger partial charge in [-0.15, -0.1) is 0 Å². The van der Waals surface area contributed by atoms with E-state index in [0.717, 1.165) is 11.1 Å². The summed E-state index contributed by atoms with van der Waals surface area (Å²) in [5.41, 5.74) is 2.68. The molecule has 0 aromatic heterocycles. The fourth-order valence-corrected chi connectivity index (χ4v) is 4.64. The Kier molecular flexibility index (Phi) is 7.89. The van der Waals surface area contributed by atoms with Gasteiger partial charge >= 0.3 is 0 Å². The first kappa shape index (κ1) is 24.9. The lowest BCUT2D eigenvalue weighted by Crippen LogP contribution is -2.32. The summed E-state index contributed by atoms with van der Waals surface area (Å²) >= 11 is 11.9. The minimum absolute atomic E-state index is 0.0234. The summed E-state index contributed by atoms with van der Waals surface area (Å²) in [6, 6.07) is 16.1. The van der Waals surface area contributed by atoms with Crippen molar-refractivity contribution in [3.8, 4) is 5.75 Å². The van der Waals surface area contributed by atoms with E-state index in [9.17, 15) is 13.2 Å². The van der Waals surface area contributed by atoms with Crippen molar-refractivity contribution < 1.29 is 17.9 Å². The van der Waals surface area contributed by atoms with E-state index in [2.05, 4.69) is 10.0 Å². The van der Waals surface area contributed by atoms with E-state index in [4.69, 9.17) is 27.9 Å². The number of anilines is 2. The number of ether oxygens (including phenoxy) is 1. The molecular formula is C24H24Cl2N2O4S. The molecule has 3 aromatic carbocycles. The Morgan fingerprint density at radius 3 is 2.18 bits per heavy atom. The maximum atomic E-state index is 12.7. The van der Waals surface area contributed by atoms with Gasteiger partial charge < -0.3 is 10.1 Å². The lowest BCUT2D eigenvalue weighted by Gasteiger charge is -2.19. The van der Waals surface area contributed by atoms with Crippen molar-refractivity contribution in [2.45, 2.75) is 38.2 Å². The van der Waals surface area contributed by atoms with E-state index < -0.39 is 16.1 Å². The van der Waals surface area contributed by atoms with Crippen LogP contribution in [0.15, 0.2) is 65.6 Å². The second-order valence-corrected chi connectivity index (χ2v) is 10.1. The number of carbonyl (C=O) groups is 1. The zero-order valence-electron chi connectivity index (χ0n) is 18.4. The molecule has 1 unspecified atom stereocenters. The van der Waals surface area contributed by atoms with Crippen LogP contribution in [0.5, 0.6) is 5.75 Å². The summed E-state index contributed by atoms with van der Waals surface area (Å²) in [5, 5.41) is 3.40. The van der Waals surface area contributed by atoms with Crippen LogP contribution in [0, 0.1) is 13.8 Å². The van der Waals surface area contributed by atoms with Crippen molar-refractivity contribution in [2.75, 3.05) is 10.0 Å². The smallest absolute Gasteiger partial charge is 0.265 e. The van der Waals surface area contributed by atoms with E-state index in [-0.39, 0.29) is 16.5 Å². The number of nitrogens with one attached hydrogen (secondary N) is 2. The first-order chi connectivity index (χ1) is 15.6. The maximum absolute atomic E-state index is 12.7. The van der Waals surface area contributed by atoms with Crippen molar-refractivity contribution in [3.05, 3.63) is 81.8 Å². The number of hydrogen-bond donors (Lipinski definition) is 2. The Morgan fingerprint density at radius 2 is 1.58 bits per heavy atom. The zero-order chi connectivity index (χ0) is 24.2. The predicted octanol–water partition coefficient (Wildman–Crippen LogP) is 6.21. The lowest BCUT2D eigenvalue weighted by atomic mass is 10.1. The number of sulfonamides is 1. The summed E-state index contributed by atoms with van der Waals surface area (Å²) in [7, 11) is -3.87. The molecule has 33 heavy (non-hydrogen) atoms. The highest BCUT2D eigenvalue weighted by Crippen LogP contribution is 2.26. The third-order valence-electron chi connectivity index (χ3n) is 4.82. The van der Waals surface area contributed by atoms with Gasteiger partial charge in [-0.25, -0.2) is 8.42 Å². The third-order valence-corrected chi connectivity index (χ3v) is 6.66. The number of aryl methyl sites for hydroxylation is 2. The van der Waals surface area contributed by atoms with Crippen molar-refractivity contribution in [2.24, 2.45) is 0 Å². The molecule has 0 spiro atoms. The summed E-state index contributed by atoms with van der Waals surface area (Å²) in [6.07, 6.45) is -0.221. The molecule has 6 nitrogen and oxygen atoms in total. The molecule has 0 heterocycles. The van der Waals surface area contributed by atoms with E-state index >= 15 is 0 Å². The molecule has 174 valence electrons. The van der Waals surface area contributed by atoms with Gasteiger partial charge in [0.1, 0.15) is 5.75 Å². The molecule has 1 atom stereocenters. The standard InChI is InChI=1S/C24H24Cl2N2O4S/c1-4-22(32-23-11-15(2)5-6-16(23)3)24(29)27-19-7-9-21(10-8-19)33(30,31)28-20-13-17(25)12-18(26)14-20/h5-14,22,28H,4H2,1-3H3,(H,27,29). The molecule has 0 bridgehead atoms. The number of carbonyl (C=O) groups excluding carboxylic acids is 1. The number of rotatable bonds is 8. The van der Waals surface area contributed by atoms with Gasteiger partial charge in [-0.1, -0.05) is 42.3 Å². The largest absolute Gasteiger partial charge is 0.480 e. The molecule has 1 amide bonds. The molecule has 0 saturated heterocycles. The number of hydrogen-bond acceptors (Lipinski definition) is 4. The van der Waals surface area contributed by atoms with Crippen LogP contribution in [0.3, 0.4) is 0 Å². The average molecular weight is 507 g/mol. The van der Waals surface area contributed by atoms with E-state index in [1.807, 2.05) is 39.0 Å². The van der Waals surface area contributed by atoms with Gasteiger partial charge in [0.05, 0.1) is 10.6 Å². The summed E-state index contributed by atoms with van der Waals surface area (Å²) in [5.74, 6) is 0.339. The van der Waals surface area contributed by atoms with Gasteiger partial charge in [0, 0.05) is 15.7 Å². The van der Waals surface area contributed by atoms with Gasteiger partial charge in [-0.05, 0) is 79.9 Å². The second-order valence-electron chi connectivity index (χ2n) is 7.56. The first-order valence-corrected chi connectivity index (χ1v) is 12.4. The van der Waals surface area contributed by atoms with Crippen LogP contribution in [-0.2, 0) is 14.8 Å². The number of benzene rings is 3. The molecule has 0 saturated carbocycles. The third kappa shape index (κ3) is 6.63. The van der Waals surface area contributed by atoms with Crippen molar-refractivity contribution >= 4 is 50.5 Å². The fourth-order valence-electron chi connectivity index (χ4n) is 3.08. The predicted molar refractivity (Wildman–Crippen MR) is 133 cm³/mol. The molecule has 0 aliphatic heterocycles. The fraction of sp³-hybridized carbons (Fsp3) is 0.208. The highest BCUT2D eigenvalue weighted by Gasteiger charge is 2.20. The van der Waals surface area contributed by atoms with Crippen LogP contribution in [-0.4, -0.2) is 20.4 Å². The highest BCUT2D eigenvalue weighted by molar-refractivity contribution is 7.92. The van der Waals surface area contributed by atoms with Crippen LogP contribution in [0.4, 0.5) is 11.4 Å². The summed E-state index contributed by atoms with van der Waals surface area (Å²) in [6.45, 7) is 5.74. The molecule has 2 N–H and O–H groups in total. The summed E-state index contributed by atoms with van der Waals surface area (Å²) in [4.78, 5) is 12.8. The van der Waals surface area contributed by atoms with Crippen LogP contribution in [0.25, 0.3) is 0 Å². The molecule has 0 aliphatic rings. The molecule has 0 aliphatic carbocycles. The monoisotopic (exact) mass is 506 g/mol. The minimum Gasteiger partial charge on any atom is -0.480 e. The van der Waals surface area contributed by atoms with Crippen LogP contribution in [0.1, 0.15) is 24.5 Å². The Labute approximate surface area is 203 Å². The second kappa shape index (κ2) is 10.5. The van der Waals surface area contributed by atoms with Gasteiger partial charge in [-0.3, -0.25) is 9.52 Å². The maximum Gasteiger partial charge on any atom is 0.265 e. The molecule has 0 radical (unpaired) electrons. The van der Waals surface area contributed by atoms with Crippen LogP contribution in [0.2, 0.25) is 10.0 Å². The normalized spacial score (nSPS) is 12.2. The van der Waals surface area contributed by atoms with Gasteiger partial charge in [0.15, 0.2) is 6.10 Å². The van der Waals surface area contributed by atoms with E-state index in [1.54, 1.807) is 0 Å². The first-order valence-electron chi connectivity index (χ1n) is 10.2. The molecule has 0 fully saturated rings. The minimum atomic E-state index is -3.87.